The van der Waals surface area contributed by atoms with E-state index in [4.69, 9.17) is 4.52 Å². The van der Waals surface area contributed by atoms with Crippen molar-refractivity contribution >= 4 is 5.91 Å². The summed E-state index contributed by atoms with van der Waals surface area (Å²) in [6.07, 6.45) is 3.57. The minimum atomic E-state index is -0.242. The lowest BCUT2D eigenvalue weighted by Gasteiger charge is -2.05. The van der Waals surface area contributed by atoms with Gasteiger partial charge in [0.15, 0.2) is 5.69 Å². The Bertz CT molecular complexity index is 764. The van der Waals surface area contributed by atoms with Crippen molar-refractivity contribution in [2.24, 2.45) is 0 Å². The van der Waals surface area contributed by atoms with Crippen molar-refractivity contribution in [2.75, 3.05) is 0 Å². The van der Waals surface area contributed by atoms with Crippen LogP contribution in [0.25, 0.3) is 11.1 Å². The highest BCUT2D eigenvalue weighted by Gasteiger charge is 2.10. The molecule has 0 atom stereocenters. The maximum absolute atomic E-state index is 11.9. The number of hydrogen-bond acceptors (Lipinski definition) is 4. The molecule has 0 aliphatic carbocycles. The quantitative estimate of drug-likeness (QED) is 0.803. The molecule has 1 N–H and O–H groups in total. The van der Waals surface area contributed by atoms with Gasteiger partial charge >= 0.3 is 0 Å². The van der Waals surface area contributed by atoms with Crippen LogP contribution >= 0.6 is 0 Å². The van der Waals surface area contributed by atoms with Crippen LogP contribution in [0.3, 0.4) is 0 Å². The molecule has 0 saturated heterocycles. The smallest absolute Gasteiger partial charge is 0.273 e. The number of aryl methyl sites for hydroxylation is 1. The van der Waals surface area contributed by atoms with Gasteiger partial charge in [0.2, 0.25) is 0 Å². The lowest BCUT2D eigenvalue weighted by Crippen LogP contribution is -2.22. The summed E-state index contributed by atoms with van der Waals surface area (Å²) in [4.78, 5) is 16.0. The first-order valence-corrected chi connectivity index (χ1v) is 6.93. The summed E-state index contributed by atoms with van der Waals surface area (Å²) < 4.78 is 4.89. The van der Waals surface area contributed by atoms with Gasteiger partial charge in [-0.1, -0.05) is 35.5 Å². The lowest BCUT2D eigenvalue weighted by atomic mass is 10.1. The summed E-state index contributed by atoms with van der Waals surface area (Å²) in [6, 6.07) is 13.5. The fraction of sp³-hybridized carbons (Fsp3) is 0.118. The van der Waals surface area contributed by atoms with E-state index in [2.05, 4.69) is 15.5 Å². The first kappa shape index (κ1) is 14.0. The number of nitrogens with zero attached hydrogens (tertiary/aromatic N) is 2. The average molecular weight is 293 g/mol. The molecule has 2 heterocycles. The molecular weight excluding hydrogens is 278 g/mol. The molecule has 0 unspecified atom stereocenters. The zero-order chi connectivity index (χ0) is 15.4. The zero-order valence-electron chi connectivity index (χ0n) is 12.1. The fourth-order valence-electron chi connectivity index (χ4n) is 2.09. The predicted octanol–water partition coefficient (Wildman–Crippen LogP) is 2.98. The molecule has 2 aromatic heterocycles. The van der Waals surface area contributed by atoms with Crippen LogP contribution in [0, 0.1) is 6.92 Å². The molecule has 1 aromatic carbocycles. The van der Waals surface area contributed by atoms with Gasteiger partial charge in [-0.2, -0.15) is 0 Å². The molecule has 0 aliphatic rings. The van der Waals surface area contributed by atoms with Crippen molar-refractivity contribution < 1.29 is 9.32 Å². The number of pyridine rings is 1. The molecule has 0 bridgehead atoms. The number of amides is 1. The molecule has 5 heteroatoms. The highest BCUT2D eigenvalue weighted by Crippen LogP contribution is 2.18. The zero-order valence-corrected chi connectivity index (χ0v) is 12.1. The summed E-state index contributed by atoms with van der Waals surface area (Å²) in [5.41, 5.74) is 3.47. The van der Waals surface area contributed by atoms with Gasteiger partial charge in [-0.3, -0.25) is 9.78 Å². The Morgan fingerprint density at radius 1 is 1.18 bits per heavy atom. The van der Waals surface area contributed by atoms with E-state index in [9.17, 15) is 4.79 Å². The van der Waals surface area contributed by atoms with Gasteiger partial charge in [0.05, 0.1) is 0 Å². The first-order chi connectivity index (χ1) is 10.7. The van der Waals surface area contributed by atoms with E-state index in [1.807, 2.05) is 42.6 Å². The summed E-state index contributed by atoms with van der Waals surface area (Å²) in [6.45, 7) is 2.19. The molecule has 110 valence electrons. The number of aromatic nitrogens is 2. The van der Waals surface area contributed by atoms with Crippen LogP contribution in [-0.4, -0.2) is 16.0 Å². The largest absolute Gasteiger partial charge is 0.361 e. The van der Waals surface area contributed by atoms with E-state index in [0.717, 1.165) is 16.7 Å². The molecular formula is C17H15N3O2. The number of carbonyl (C=O) groups is 1. The number of benzene rings is 1. The van der Waals surface area contributed by atoms with Crippen LogP contribution in [0.4, 0.5) is 0 Å². The Kier molecular flexibility index (Phi) is 3.96. The highest BCUT2D eigenvalue weighted by molar-refractivity contribution is 5.92. The van der Waals surface area contributed by atoms with Crippen LogP contribution in [0.2, 0.25) is 0 Å². The predicted molar refractivity (Wildman–Crippen MR) is 82.1 cm³/mol. The molecule has 0 radical (unpaired) electrons. The second-order valence-corrected chi connectivity index (χ2v) is 4.94. The van der Waals surface area contributed by atoms with Crippen molar-refractivity contribution in [3.05, 3.63) is 71.9 Å². The maximum atomic E-state index is 11.9. The Morgan fingerprint density at radius 2 is 2.00 bits per heavy atom. The van der Waals surface area contributed by atoms with Crippen LogP contribution in [-0.2, 0) is 6.54 Å². The number of carbonyl (C=O) groups excluding carboxylic acids is 1. The minimum Gasteiger partial charge on any atom is -0.361 e. The van der Waals surface area contributed by atoms with Crippen LogP contribution in [0.15, 0.2) is 59.4 Å². The van der Waals surface area contributed by atoms with Crippen LogP contribution < -0.4 is 5.32 Å². The van der Waals surface area contributed by atoms with Gasteiger partial charge in [-0.15, -0.1) is 0 Å². The van der Waals surface area contributed by atoms with Gasteiger partial charge < -0.3 is 9.84 Å². The van der Waals surface area contributed by atoms with Crippen LogP contribution in [0.5, 0.6) is 0 Å². The Labute approximate surface area is 128 Å². The van der Waals surface area contributed by atoms with E-state index < -0.39 is 0 Å². The topological polar surface area (TPSA) is 68.0 Å². The van der Waals surface area contributed by atoms with Gasteiger partial charge in [0, 0.05) is 25.0 Å². The van der Waals surface area contributed by atoms with Gasteiger partial charge in [0.25, 0.3) is 5.91 Å². The molecule has 1 amide bonds. The number of rotatable bonds is 4. The monoisotopic (exact) mass is 293 g/mol. The third-order valence-corrected chi connectivity index (χ3v) is 3.26. The average Bonchev–Trinajstić information content (AvgIpc) is 3.00. The van der Waals surface area contributed by atoms with Gasteiger partial charge in [-0.05, 0) is 29.7 Å². The third kappa shape index (κ3) is 3.20. The standard InChI is InChI=1S/C17H15N3O2/c1-12-9-16(20-22-12)17(21)19-10-13-4-6-14(7-5-13)15-3-2-8-18-11-15/h2-9,11H,10H2,1H3,(H,19,21). The fourth-order valence-corrected chi connectivity index (χ4v) is 2.09. The van der Waals surface area contributed by atoms with E-state index in [-0.39, 0.29) is 5.91 Å². The Hall–Kier alpha value is -2.95. The van der Waals surface area contributed by atoms with Crippen molar-refractivity contribution in [3.8, 4) is 11.1 Å². The molecule has 0 saturated carbocycles. The summed E-state index contributed by atoms with van der Waals surface area (Å²) in [5.74, 6) is 0.374. The molecule has 0 spiro atoms. The SMILES string of the molecule is Cc1cc(C(=O)NCc2ccc(-c3cccnc3)cc2)no1. The van der Waals surface area contributed by atoms with E-state index in [0.29, 0.717) is 18.0 Å². The second kappa shape index (κ2) is 6.22. The Balaban J connectivity index is 1.63. The van der Waals surface area contributed by atoms with E-state index in [1.165, 1.54) is 0 Å². The van der Waals surface area contributed by atoms with Crippen molar-refractivity contribution in [1.29, 1.82) is 0 Å². The first-order valence-electron chi connectivity index (χ1n) is 6.93. The molecule has 3 rings (SSSR count). The number of nitrogens with one attached hydrogen (secondary N) is 1. The van der Waals surface area contributed by atoms with Gasteiger partial charge in [0.1, 0.15) is 5.76 Å². The highest BCUT2D eigenvalue weighted by atomic mass is 16.5. The summed E-state index contributed by atoms with van der Waals surface area (Å²) in [7, 11) is 0. The molecule has 3 aromatic rings. The second-order valence-electron chi connectivity index (χ2n) is 4.94. The summed E-state index contributed by atoms with van der Waals surface area (Å²) >= 11 is 0. The van der Waals surface area contributed by atoms with Crippen molar-refractivity contribution in [1.82, 2.24) is 15.5 Å². The van der Waals surface area contributed by atoms with Crippen molar-refractivity contribution in [3.63, 3.8) is 0 Å². The van der Waals surface area contributed by atoms with Crippen molar-refractivity contribution in [2.45, 2.75) is 13.5 Å². The van der Waals surface area contributed by atoms with E-state index in [1.54, 1.807) is 19.2 Å². The lowest BCUT2D eigenvalue weighted by molar-refractivity contribution is 0.0942. The molecule has 5 nitrogen and oxygen atoms in total. The number of hydrogen-bond donors (Lipinski definition) is 1. The normalized spacial score (nSPS) is 10.4. The summed E-state index contributed by atoms with van der Waals surface area (Å²) in [5, 5.41) is 6.50. The Morgan fingerprint density at radius 3 is 2.64 bits per heavy atom. The minimum absolute atomic E-state index is 0.242. The molecule has 22 heavy (non-hydrogen) atoms. The molecule has 0 aliphatic heterocycles. The maximum Gasteiger partial charge on any atom is 0.273 e. The van der Waals surface area contributed by atoms with E-state index >= 15 is 0 Å². The molecule has 0 fully saturated rings. The third-order valence-electron chi connectivity index (χ3n) is 3.26. The van der Waals surface area contributed by atoms with Crippen LogP contribution in [0.1, 0.15) is 21.8 Å². The van der Waals surface area contributed by atoms with Gasteiger partial charge in [-0.25, -0.2) is 0 Å².